The summed E-state index contributed by atoms with van der Waals surface area (Å²) in [6.07, 6.45) is 1.64. The normalized spacial score (nSPS) is 14.2. The van der Waals surface area contributed by atoms with Crippen molar-refractivity contribution < 1.29 is 32.4 Å². The quantitative estimate of drug-likeness (QED) is 0.439. The highest BCUT2D eigenvalue weighted by atomic mass is 32.2. The molecule has 0 bridgehead atoms. The van der Waals surface area contributed by atoms with Crippen molar-refractivity contribution in [3.8, 4) is 0 Å². The summed E-state index contributed by atoms with van der Waals surface area (Å²) < 4.78 is 33.8. The molecule has 1 atom stereocenters. The fourth-order valence-electron chi connectivity index (χ4n) is 3.79. The van der Waals surface area contributed by atoms with E-state index in [1.54, 1.807) is 38.1 Å². The second-order valence-corrected chi connectivity index (χ2v) is 10.4. The monoisotopic (exact) mass is 473 g/mol. The Balaban J connectivity index is 1.71. The minimum Gasteiger partial charge on any atom is -0.459 e. The van der Waals surface area contributed by atoms with Gasteiger partial charge in [0.25, 0.3) is 5.91 Å². The number of sulfone groups is 1. The van der Waals surface area contributed by atoms with Gasteiger partial charge in [0.1, 0.15) is 12.6 Å². The summed E-state index contributed by atoms with van der Waals surface area (Å²) in [6.45, 7) is 5.73. The molecule has 0 spiro atoms. The SMILES string of the molecule is CCc1c(C(=O)NC(C(=O)OCc2ccc(S(C)(=O)=O)cc2)C(C)C)ccc2c1B(O)OC2. The van der Waals surface area contributed by atoms with E-state index in [0.717, 1.165) is 11.8 Å². The van der Waals surface area contributed by atoms with E-state index in [1.165, 1.54) is 12.1 Å². The molecule has 1 heterocycles. The van der Waals surface area contributed by atoms with Gasteiger partial charge in [-0.1, -0.05) is 39.0 Å². The maximum Gasteiger partial charge on any atom is 0.492 e. The third-order valence-corrected chi connectivity index (χ3v) is 6.76. The summed E-state index contributed by atoms with van der Waals surface area (Å²) in [5.74, 6) is -1.25. The van der Waals surface area contributed by atoms with Crippen molar-refractivity contribution in [2.24, 2.45) is 5.92 Å². The number of carbonyl (C=O) groups excluding carboxylic acids is 2. The summed E-state index contributed by atoms with van der Waals surface area (Å²) in [6, 6.07) is 8.63. The number of amides is 1. The van der Waals surface area contributed by atoms with Gasteiger partial charge in [-0.25, -0.2) is 13.2 Å². The molecule has 1 amide bonds. The lowest BCUT2D eigenvalue weighted by Gasteiger charge is -2.22. The molecule has 8 nitrogen and oxygen atoms in total. The molecule has 0 radical (unpaired) electrons. The molecule has 0 aromatic heterocycles. The van der Waals surface area contributed by atoms with Crippen LogP contribution in [0.15, 0.2) is 41.3 Å². The zero-order valence-electron chi connectivity index (χ0n) is 19.1. The van der Waals surface area contributed by atoms with Gasteiger partial charge in [0.2, 0.25) is 0 Å². The van der Waals surface area contributed by atoms with E-state index in [-0.39, 0.29) is 24.0 Å². The number of ether oxygens (including phenoxy) is 1. The third kappa shape index (κ3) is 5.63. The number of hydrogen-bond acceptors (Lipinski definition) is 7. The fourth-order valence-corrected chi connectivity index (χ4v) is 4.42. The van der Waals surface area contributed by atoms with Crippen LogP contribution in [0, 0.1) is 5.92 Å². The Bertz CT molecular complexity index is 1150. The van der Waals surface area contributed by atoms with Crippen LogP contribution in [0.1, 0.15) is 47.8 Å². The smallest absolute Gasteiger partial charge is 0.459 e. The highest BCUT2D eigenvalue weighted by Gasteiger charge is 2.33. The largest absolute Gasteiger partial charge is 0.492 e. The highest BCUT2D eigenvalue weighted by molar-refractivity contribution is 7.90. The van der Waals surface area contributed by atoms with Crippen molar-refractivity contribution in [3.63, 3.8) is 0 Å². The Morgan fingerprint density at radius 1 is 1.18 bits per heavy atom. The third-order valence-electron chi connectivity index (χ3n) is 5.63. The van der Waals surface area contributed by atoms with E-state index in [2.05, 4.69) is 5.32 Å². The molecule has 0 fully saturated rings. The van der Waals surface area contributed by atoms with Crippen LogP contribution >= 0.6 is 0 Å². The molecule has 0 saturated heterocycles. The lowest BCUT2D eigenvalue weighted by molar-refractivity contribution is -0.148. The molecule has 0 aliphatic carbocycles. The average Bonchev–Trinajstić information content (AvgIpc) is 3.15. The molecular weight excluding hydrogens is 445 g/mol. The van der Waals surface area contributed by atoms with Crippen molar-refractivity contribution in [2.45, 2.75) is 51.3 Å². The summed E-state index contributed by atoms with van der Waals surface area (Å²) in [7, 11) is -4.37. The molecule has 10 heteroatoms. The molecule has 33 heavy (non-hydrogen) atoms. The van der Waals surface area contributed by atoms with Gasteiger partial charge < -0.3 is 19.7 Å². The van der Waals surface area contributed by atoms with Gasteiger partial charge in [0, 0.05) is 11.8 Å². The van der Waals surface area contributed by atoms with E-state index in [4.69, 9.17) is 9.39 Å². The van der Waals surface area contributed by atoms with Crippen molar-refractivity contribution in [3.05, 3.63) is 58.7 Å². The van der Waals surface area contributed by atoms with Crippen LogP contribution in [0.2, 0.25) is 0 Å². The molecule has 3 rings (SSSR count). The summed E-state index contributed by atoms with van der Waals surface area (Å²) in [5.41, 5.74) is 3.17. The molecule has 2 aromatic carbocycles. The van der Waals surface area contributed by atoms with Crippen molar-refractivity contribution in [1.82, 2.24) is 5.32 Å². The van der Waals surface area contributed by atoms with Crippen molar-refractivity contribution in [1.29, 1.82) is 0 Å². The zero-order chi connectivity index (χ0) is 24.3. The first-order valence-electron chi connectivity index (χ1n) is 10.7. The van der Waals surface area contributed by atoms with Crippen LogP contribution in [-0.2, 0) is 43.7 Å². The maximum absolute atomic E-state index is 13.1. The Labute approximate surface area is 194 Å². The first kappa shape index (κ1) is 24.9. The van der Waals surface area contributed by atoms with Crippen molar-refractivity contribution in [2.75, 3.05) is 6.26 Å². The predicted molar refractivity (Wildman–Crippen MR) is 124 cm³/mol. The van der Waals surface area contributed by atoms with Crippen LogP contribution in [0.5, 0.6) is 0 Å². The number of rotatable bonds is 8. The van der Waals surface area contributed by atoms with Gasteiger partial charge in [-0.2, -0.15) is 0 Å². The average molecular weight is 473 g/mol. The second-order valence-electron chi connectivity index (χ2n) is 8.40. The van der Waals surface area contributed by atoms with E-state index in [9.17, 15) is 23.0 Å². The van der Waals surface area contributed by atoms with Gasteiger partial charge in [0.05, 0.1) is 11.5 Å². The van der Waals surface area contributed by atoms with Crippen LogP contribution in [0.3, 0.4) is 0 Å². The zero-order valence-corrected chi connectivity index (χ0v) is 19.9. The van der Waals surface area contributed by atoms with Crippen LogP contribution in [-0.4, -0.2) is 44.7 Å². The summed E-state index contributed by atoms with van der Waals surface area (Å²) in [5, 5.41) is 12.9. The molecule has 176 valence electrons. The summed E-state index contributed by atoms with van der Waals surface area (Å²) >= 11 is 0. The number of esters is 1. The van der Waals surface area contributed by atoms with Crippen LogP contribution in [0.25, 0.3) is 0 Å². The van der Waals surface area contributed by atoms with E-state index in [0.29, 0.717) is 28.6 Å². The van der Waals surface area contributed by atoms with Gasteiger partial charge in [-0.3, -0.25) is 4.79 Å². The predicted octanol–water partition coefficient (Wildman–Crippen LogP) is 1.37. The van der Waals surface area contributed by atoms with Crippen LogP contribution in [0.4, 0.5) is 0 Å². The number of fused-ring (bicyclic) bond motifs is 1. The van der Waals surface area contributed by atoms with E-state index in [1.807, 2.05) is 6.92 Å². The molecule has 0 saturated carbocycles. The second kappa shape index (κ2) is 10.1. The van der Waals surface area contributed by atoms with Crippen molar-refractivity contribution >= 4 is 34.3 Å². The van der Waals surface area contributed by atoms with Gasteiger partial charge in [-0.15, -0.1) is 0 Å². The molecular formula is C23H28BNO7S. The summed E-state index contributed by atoms with van der Waals surface area (Å²) in [4.78, 5) is 26.0. The van der Waals surface area contributed by atoms with Gasteiger partial charge in [0.15, 0.2) is 9.84 Å². The molecule has 2 aromatic rings. The Morgan fingerprint density at radius 2 is 1.85 bits per heavy atom. The highest BCUT2D eigenvalue weighted by Crippen LogP contribution is 2.19. The van der Waals surface area contributed by atoms with Gasteiger partial charge >= 0.3 is 13.1 Å². The minimum absolute atomic E-state index is 0.0510. The Morgan fingerprint density at radius 3 is 2.42 bits per heavy atom. The molecule has 2 N–H and O–H groups in total. The lowest BCUT2D eigenvalue weighted by atomic mass is 9.74. The van der Waals surface area contributed by atoms with Crippen LogP contribution < -0.4 is 10.8 Å². The van der Waals surface area contributed by atoms with E-state index < -0.39 is 34.9 Å². The molecule has 1 aliphatic heterocycles. The Hall–Kier alpha value is -2.69. The standard InChI is InChI=1S/C23H28BNO7S/c1-5-18-19(11-8-16-13-32-24(28)20(16)18)22(26)25-21(14(2)3)23(27)31-12-15-6-9-17(10-7-15)33(4,29)30/h6-11,14,21,28H,5,12-13H2,1-4H3,(H,25,26). The van der Waals surface area contributed by atoms with E-state index >= 15 is 0 Å². The lowest BCUT2D eigenvalue weighted by Crippen LogP contribution is -2.46. The minimum atomic E-state index is -3.31. The number of nitrogens with one attached hydrogen (secondary N) is 1. The number of benzene rings is 2. The Kier molecular flexibility index (Phi) is 7.61. The number of hydrogen-bond donors (Lipinski definition) is 2. The number of carbonyl (C=O) groups is 2. The maximum atomic E-state index is 13.1. The fraction of sp³-hybridized carbons (Fsp3) is 0.391. The molecule has 1 unspecified atom stereocenters. The molecule has 1 aliphatic rings. The first-order valence-corrected chi connectivity index (χ1v) is 12.6. The first-order chi connectivity index (χ1) is 15.5. The topological polar surface area (TPSA) is 119 Å². The van der Waals surface area contributed by atoms with Gasteiger partial charge in [-0.05, 0) is 52.7 Å².